The molecule has 6 heteroatoms. The average molecular weight is 369 g/mol. The van der Waals surface area contributed by atoms with Crippen LogP contribution in [-0.4, -0.2) is 35.8 Å². The van der Waals surface area contributed by atoms with Crippen molar-refractivity contribution < 1.29 is 9.59 Å². The summed E-state index contributed by atoms with van der Waals surface area (Å²) < 4.78 is 0.915. The van der Waals surface area contributed by atoms with Crippen LogP contribution in [0.2, 0.25) is 0 Å². The molecule has 1 aromatic rings. The molecule has 0 saturated carbocycles. The molecule has 2 aliphatic heterocycles. The molecule has 0 radical (unpaired) electrons. The van der Waals surface area contributed by atoms with Crippen molar-refractivity contribution in [3.05, 3.63) is 28.2 Å². The van der Waals surface area contributed by atoms with Crippen molar-refractivity contribution in [3.63, 3.8) is 0 Å². The maximum Gasteiger partial charge on any atom is 0.254 e. The van der Waals surface area contributed by atoms with Gasteiger partial charge in [-0.3, -0.25) is 9.59 Å². The van der Waals surface area contributed by atoms with Gasteiger partial charge in [-0.15, -0.1) is 12.6 Å². The lowest BCUT2D eigenvalue weighted by atomic mass is 9.85. The number of thiol groups is 1. The van der Waals surface area contributed by atoms with Gasteiger partial charge >= 0.3 is 0 Å². The van der Waals surface area contributed by atoms with Gasteiger partial charge in [0.25, 0.3) is 5.91 Å². The van der Waals surface area contributed by atoms with E-state index in [0.717, 1.165) is 17.3 Å². The minimum Gasteiger partial charge on any atom is -0.353 e. The minimum atomic E-state index is 0.0304. The molecule has 0 aromatic heterocycles. The van der Waals surface area contributed by atoms with Crippen LogP contribution in [-0.2, 0) is 4.79 Å². The van der Waals surface area contributed by atoms with Gasteiger partial charge in [-0.1, -0.05) is 15.9 Å². The molecule has 21 heavy (non-hydrogen) atoms. The molecular formula is C15H17BrN2O2S. The Labute approximate surface area is 137 Å². The van der Waals surface area contributed by atoms with Crippen molar-refractivity contribution in [1.82, 2.24) is 10.2 Å². The fourth-order valence-corrected chi connectivity index (χ4v) is 4.00. The molecule has 2 amide bonds. The van der Waals surface area contributed by atoms with E-state index in [1.165, 1.54) is 0 Å². The van der Waals surface area contributed by atoms with E-state index in [0.29, 0.717) is 35.9 Å². The third-order valence-corrected chi connectivity index (χ3v) is 5.16. The maximum absolute atomic E-state index is 12.6. The summed E-state index contributed by atoms with van der Waals surface area (Å²) in [7, 11) is 0. The van der Waals surface area contributed by atoms with Gasteiger partial charge in [-0.05, 0) is 37.0 Å². The monoisotopic (exact) mass is 368 g/mol. The Morgan fingerprint density at radius 1 is 1.38 bits per heavy atom. The van der Waals surface area contributed by atoms with Gasteiger partial charge in [-0.25, -0.2) is 0 Å². The Morgan fingerprint density at radius 2 is 2.19 bits per heavy atom. The van der Waals surface area contributed by atoms with Crippen LogP contribution < -0.4 is 5.32 Å². The van der Waals surface area contributed by atoms with E-state index in [2.05, 4.69) is 33.9 Å². The van der Waals surface area contributed by atoms with Crippen LogP contribution in [0.3, 0.4) is 0 Å². The third kappa shape index (κ3) is 3.11. The number of nitrogens with zero attached hydrogens (tertiary/aromatic N) is 1. The summed E-state index contributed by atoms with van der Waals surface area (Å²) in [5.74, 6) is 0.545. The Bertz CT molecular complexity index is 593. The highest BCUT2D eigenvalue weighted by Crippen LogP contribution is 2.28. The Morgan fingerprint density at radius 3 is 2.95 bits per heavy atom. The second-order valence-corrected chi connectivity index (χ2v) is 7.07. The predicted octanol–water partition coefficient (Wildman–Crippen LogP) is 2.48. The first-order valence-corrected chi connectivity index (χ1v) is 8.36. The summed E-state index contributed by atoms with van der Waals surface area (Å²) in [6.07, 6.45) is 2.27. The van der Waals surface area contributed by atoms with E-state index in [-0.39, 0.29) is 17.9 Å². The second kappa shape index (κ2) is 6.01. The van der Waals surface area contributed by atoms with Crippen molar-refractivity contribution in [3.8, 4) is 0 Å². The van der Waals surface area contributed by atoms with Gasteiger partial charge in [0.1, 0.15) is 0 Å². The molecule has 2 atom stereocenters. The zero-order valence-electron chi connectivity index (χ0n) is 11.5. The number of nitrogens with one attached hydrogen (secondary N) is 1. The highest BCUT2D eigenvalue weighted by Gasteiger charge is 2.35. The minimum absolute atomic E-state index is 0.0304. The van der Waals surface area contributed by atoms with E-state index in [1.807, 2.05) is 23.1 Å². The van der Waals surface area contributed by atoms with E-state index in [4.69, 9.17) is 0 Å². The molecule has 4 nitrogen and oxygen atoms in total. The molecule has 0 spiro atoms. The first-order valence-electron chi connectivity index (χ1n) is 7.12. The van der Waals surface area contributed by atoms with Crippen LogP contribution in [0.1, 0.15) is 29.6 Å². The molecule has 0 bridgehead atoms. The number of fused-ring (bicyclic) bond motifs is 1. The highest BCUT2D eigenvalue weighted by molar-refractivity contribution is 9.10. The Balaban J connectivity index is 1.73. The van der Waals surface area contributed by atoms with Gasteiger partial charge < -0.3 is 10.2 Å². The molecule has 2 saturated heterocycles. The standard InChI is InChI=1S/C15H17BrN2O2S/c16-10-2-3-11(13(21)7-10)15(20)18-6-5-12-9(8-18)1-4-14(19)17-12/h2-3,7,9,12,21H,1,4-6,8H2,(H,17,19). The van der Waals surface area contributed by atoms with Crippen LogP contribution in [0, 0.1) is 5.92 Å². The fraction of sp³-hybridized carbons (Fsp3) is 0.467. The number of likely N-dealkylation sites (tertiary alicyclic amines) is 1. The van der Waals surface area contributed by atoms with Gasteiger partial charge in [0, 0.05) is 34.9 Å². The lowest BCUT2D eigenvalue weighted by molar-refractivity contribution is -0.125. The molecular weight excluding hydrogens is 352 g/mol. The zero-order valence-corrected chi connectivity index (χ0v) is 14.0. The number of halogens is 1. The molecule has 2 unspecified atom stereocenters. The summed E-state index contributed by atoms with van der Waals surface area (Å²) in [4.78, 5) is 26.6. The van der Waals surface area contributed by atoms with Crippen LogP contribution in [0.4, 0.5) is 0 Å². The van der Waals surface area contributed by atoms with Crippen LogP contribution >= 0.6 is 28.6 Å². The van der Waals surface area contributed by atoms with Crippen molar-refractivity contribution in [1.29, 1.82) is 0 Å². The lowest BCUT2D eigenvalue weighted by Crippen LogP contribution is -2.55. The molecule has 1 aromatic carbocycles. The third-order valence-electron chi connectivity index (χ3n) is 4.30. The summed E-state index contributed by atoms with van der Waals surface area (Å²) in [5.41, 5.74) is 0.639. The van der Waals surface area contributed by atoms with Crippen LogP contribution in [0.5, 0.6) is 0 Å². The SMILES string of the molecule is O=C1CCC2CN(C(=O)c3ccc(Br)cc3S)CCC2N1. The van der Waals surface area contributed by atoms with Crippen LogP contribution in [0.25, 0.3) is 0 Å². The molecule has 2 aliphatic rings. The highest BCUT2D eigenvalue weighted by atomic mass is 79.9. The summed E-state index contributed by atoms with van der Waals surface area (Å²) >= 11 is 7.78. The van der Waals surface area contributed by atoms with E-state index >= 15 is 0 Å². The average Bonchev–Trinajstić information content (AvgIpc) is 2.46. The molecule has 1 N–H and O–H groups in total. The number of amides is 2. The molecule has 2 heterocycles. The Hall–Kier alpha value is -1.01. The van der Waals surface area contributed by atoms with Gasteiger partial charge in [-0.2, -0.15) is 0 Å². The van der Waals surface area contributed by atoms with E-state index in [9.17, 15) is 9.59 Å². The predicted molar refractivity (Wildman–Crippen MR) is 86.6 cm³/mol. The van der Waals surface area contributed by atoms with Crippen molar-refractivity contribution in [2.75, 3.05) is 13.1 Å². The summed E-state index contributed by atoms with van der Waals surface area (Å²) in [5, 5.41) is 3.04. The normalized spacial score (nSPS) is 25.2. The van der Waals surface area contributed by atoms with Crippen molar-refractivity contribution in [2.45, 2.75) is 30.2 Å². The van der Waals surface area contributed by atoms with E-state index < -0.39 is 0 Å². The van der Waals surface area contributed by atoms with Gasteiger partial charge in [0.05, 0.1) is 5.56 Å². The van der Waals surface area contributed by atoms with E-state index in [1.54, 1.807) is 0 Å². The number of rotatable bonds is 1. The quantitative estimate of drug-likeness (QED) is 0.748. The lowest BCUT2D eigenvalue weighted by Gasteiger charge is -2.41. The summed E-state index contributed by atoms with van der Waals surface area (Å²) in [6, 6.07) is 5.74. The number of hydrogen-bond donors (Lipinski definition) is 2. The fourth-order valence-electron chi connectivity index (χ4n) is 3.15. The number of benzene rings is 1. The summed E-state index contributed by atoms with van der Waals surface area (Å²) in [6.45, 7) is 1.40. The smallest absolute Gasteiger partial charge is 0.254 e. The molecule has 3 rings (SSSR count). The number of carbonyl (C=O) groups excluding carboxylic acids is 2. The zero-order chi connectivity index (χ0) is 15.0. The largest absolute Gasteiger partial charge is 0.353 e. The van der Waals surface area contributed by atoms with Gasteiger partial charge in [0.15, 0.2) is 0 Å². The molecule has 2 fully saturated rings. The molecule has 0 aliphatic carbocycles. The van der Waals surface area contributed by atoms with Crippen molar-refractivity contribution in [2.24, 2.45) is 5.92 Å². The van der Waals surface area contributed by atoms with Crippen molar-refractivity contribution >= 4 is 40.4 Å². The Kier molecular flexibility index (Phi) is 4.26. The van der Waals surface area contributed by atoms with Gasteiger partial charge in [0.2, 0.25) is 5.91 Å². The second-order valence-electron chi connectivity index (χ2n) is 5.67. The number of piperidine rings is 2. The maximum atomic E-state index is 12.6. The number of hydrogen-bond acceptors (Lipinski definition) is 3. The topological polar surface area (TPSA) is 49.4 Å². The molecule has 112 valence electrons. The first-order chi connectivity index (χ1) is 10.0. The first kappa shape index (κ1) is 14.9. The number of carbonyl (C=O) groups is 2. The van der Waals surface area contributed by atoms with Crippen LogP contribution in [0.15, 0.2) is 27.6 Å².